The first kappa shape index (κ1) is 34.3. The van der Waals surface area contributed by atoms with Gasteiger partial charge in [0.05, 0.1) is 48.7 Å². The molecule has 2 saturated heterocycles. The molecule has 0 aromatic heterocycles. The molecule has 0 radical (unpaired) electrons. The van der Waals surface area contributed by atoms with Crippen LogP contribution in [0, 0.1) is 5.92 Å². The molecular formula is C41H43N3O7Si. The Morgan fingerprint density at radius 2 is 1.58 bits per heavy atom. The number of aliphatic hydroxyl groups is 1. The molecule has 8 rings (SSSR count). The molecular weight excluding hydrogens is 675 g/mol. The predicted molar refractivity (Wildman–Crippen MR) is 199 cm³/mol. The number of carbonyl (C=O) groups excluding carboxylic acids is 3. The van der Waals surface area contributed by atoms with Gasteiger partial charge in [0.25, 0.3) is 11.8 Å². The van der Waals surface area contributed by atoms with E-state index in [9.17, 15) is 24.3 Å². The maximum absolute atomic E-state index is 14.8. The Hall–Kier alpha value is -4.81. The van der Waals surface area contributed by atoms with Gasteiger partial charge in [0, 0.05) is 29.3 Å². The summed E-state index contributed by atoms with van der Waals surface area (Å²) >= 11 is 0. The van der Waals surface area contributed by atoms with Crippen molar-refractivity contribution in [3.05, 3.63) is 114 Å². The summed E-state index contributed by atoms with van der Waals surface area (Å²) in [5.41, 5.74) is 2.32. The summed E-state index contributed by atoms with van der Waals surface area (Å²) in [6, 6.07) is 29.7. The first-order valence-corrected chi connectivity index (χ1v) is 21.1. The summed E-state index contributed by atoms with van der Waals surface area (Å²) in [5, 5.41) is 9.88. The van der Waals surface area contributed by atoms with Crippen molar-refractivity contribution in [3.8, 4) is 11.5 Å². The van der Waals surface area contributed by atoms with E-state index in [2.05, 4.69) is 0 Å². The van der Waals surface area contributed by atoms with E-state index in [4.69, 9.17) is 9.47 Å². The van der Waals surface area contributed by atoms with Crippen molar-refractivity contribution in [1.82, 2.24) is 4.90 Å². The van der Waals surface area contributed by atoms with E-state index in [1.807, 2.05) is 105 Å². The van der Waals surface area contributed by atoms with Gasteiger partial charge in [0.1, 0.15) is 5.75 Å². The molecule has 3 amide bonds. The molecule has 1 spiro atoms. The fourth-order valence-electron chi connectivity index (χ4n) is 9.03. The number of hydrogen-bond donors (Lipinski definition) is 2. The van der Waals surface area contributed by atoms with Crippen LogP contribution in [0.25, 0.3) is 0 Å². The average molecular weight is 718 g/mol. The SMILES string of the molecule is C[C@@H]1[C@@H]([Si](C)(C)O)[C@H](CC(=O)N2CCC[C@H]2CO)O[C@@]12C(=O)N(Cc1ccc(N3C(=O)c4ccccc4Oc4ccccc43)cc1)c1ccccc12. The van der Waals surface area contributed by atoms with Crippen LogP contribution in [0.15, 0.2) is 97.1 Å². The van der Waals surface area contributed by atoms with Crippen LogP contribution < -0.4 is 14.5 Å². The number of carbonyl (C=O) groups is 3. The van der Waals surface area contributed by atoms with Gasteiger partial charge in [-0.15, -0.1) is 0 Å². The molecule has 268 valence electrons. The van der Waals surface area contributed by atoms with Crippen LogP contribution in [0.1, 0.15) is 47.7 Å². The van der Waals surface area contributed by atoms with Gasteiger partial charge in [0.2, 0.25) is 5.91 Å². The van der Waals surface area contributed by atoms with E-state index in [-0.39, 0.29) is 48.9 Å². The minimum Gasteiger partial charge on any atom is -0.454 e. The predicted octanol–water partition coefficient (Wildman–Crippen LogP) is 6.49. The maximum atomic E-state index is 14.8. The highest BCUT2D eigenvalue weighted by atomic mass is 28.4. The molecule has 4 heterocycles. The van der Waals surface area contributed by atoms with E-state index in [0.717, 1.165) is 29.7 Å². The van der Waals surface area contributed by atoms with Gasteiger partial charge in [-0.2, -0.15) is 0 Å². The second kappa shape index (κ2) is 13.0. The fourth-order valence-corrected chi connectivity index (χ4v) is 11.6. The van der Waals surface area contributed by atoms with Gasteiger partial charge in [-0.25, -0.2) is 0 Å². The molecule has 0 saturated carbocycles. The van der Waals surface area contributed by atoms with Crippen molar-refractivity contribution in [2.75, 3.05) is 23.0 Å². The molecule has 0 bridgehead atoms. The Morgan fingerprint density at radius 1 is 0.904 bits per heavy atom. The number of nitrogens with zero attached hydrogens (tertiary/aromatic N) is 3. The molecule has 11 heteroatoms. The molecule has 5 atom stereocenters. The molecule has 10 nitrogen and oxygen atoms in total. The number of hydrogen-bond acceptors (Lipinski definition) is 7. The molecule has 52 heavy (non-hydrogen) atoms. The minimum atomic E-state index is -2.96. The van der Waals surface area contributed by atoms with Crippen molar-refractivity contribution in [2.45, 2.75) is 69.1 Å². The van der Waals surface area contributed by atoms with Gasteiger partial charge >= 0.3 is 0 Å². The van der Waals surface area contributed by atoms with Crippen molar-refractivity contribution >= 4 is 43.1 Å². The second-order valence-electron chi connectivity index (χ2n) is 14.9. The standard InChI is InChI=1S/C41H43N3O7Si/c1-26-38(52(2,3)49)36(23-37(46)42-22-10-11-29(42)25-45)51-41(26)31-13-5-6-14-32(31)43(40(41)48)24-27-18-20-28(21-19-27)44-33-15-7-9-17-35(33)50-34-16-8-4-12-30(34)39(44)47/h4-9,12-21,26,29,36,38,45,49H,10-11,22-25H2,1-3H3/t26-,29+,36+,38-,41+/m1/s1. The fraction of sp³-hybridized carbons (Fsp3) is 0.341. The summed E-state index contributed by atoms with van der Waals surface area (Å²) in [4.78, 5) is 59.2. The zero-order valence-corrected chi connectivity index (χ0v) is 30.6. The highest BCUT2D eigenvalue weighted by Gasteiger charge is 2.66. The van der Waals surface area contributed by atoms with E-state index < -0.39 is 25.9 Å². The smallest absolute Gasteiger partial charge is 0.266 e. The number of para-hydroxylation sites is 4. The highest BCUT2D eigenvalue weighted by Crippen LogP contribution is 2.60. The molecule has 4 aliphatic rings. The normalized spacial score (nSPS) is 25.2. The summed E-state index contributed by atoms with van der Waals surface area (Å²) in [6.45, 7) is 6.41. The van der Waals surface area contributed by atoms with Gasteiger partial charge in [-0.3, -0.25) is 19.3 Å². The number of anilines is 3. The Bertz CT molecular complexity index is 2050. The van der Waals surface area contributed by atoms with Crippen LogP contribution in [0.5, 0.6) is 11.5 Å². The van der Waals surface area contributed by atoms with Crippen molar-refractivity contribution in [3.63, 3.8) is 0 Å². The van der Waals surface area contributed by atoms with Gasteiger partial charge in [-0.05, 0) is 74.0 Å². The molecule has 4 aliphatic heterocycles. The Morgan fingerprint density at radius 3 is 2.31 bits per heavy atom. The van der Waals surface area contributed by atoms with E-state index in [0.29, 0.717) is 35.0 Å². The third kappa shape index (κ3) is 5.45. The molecule has 2 N–H and O–H groups in total. The van der Waals surface area contributed by atoms with Gasteiger partial charge < -0.3 is 29.2 Å². The second-order valence-corrected chi connectivity index (χ2v) is 18.9. The van der Waals surface area contributed by atoms with Crippen LogP contribution >= 0.6 is 0 Å². The third-order valence-corrected chi connectivity index (χ3v) is 13.9. The minimum absolute atomic E-state index is 0.0367. The molecule has 0 aliphatic carbocycles. The molecule has 0 unspecified atom stereocenters. The molecule has 2 fully saturated rings. The lowest BCUT2D eigenvalue weighted by Gasteiger charge is -2.32. The summed E-state index contributed by atoms with van der Waals surface area (Å²) in [6.07, 6.45) is 0.963. The lowest BCUT2D eigenvalue weighted by Crippen LogP contribution is -2.46. The lowest BCUT2D eigenvalue weighted by atomic mass is 9.82. The summed E-state index contributed by atoms with van der Waals surface area (Å²) in [5.74, 6) is 0.120. The van der Waals surface area contributed by atoms with Crippen molar-refractivity contribution < 1.29 is 33.8 Å². The first-order valence-electron chi connectivity index (χ1n) is 18.0. The Balaban J connectivity index is 1.10. The number of likely N-dealkylation sites (tertiary alicyclic amines) is 1. The van der Waals surface area contributed by atoms with E-state index in [1.54, 1.807) is 26.8 Å². The van der Waals surface area contributed by atoms with Crippen LogP contribution in [0.4, 0.5) is 17.1 Å². The number of aliphatic hydroxyl groups excluding tert-OH is 1. The monoisotopic (exact) mass is 717 g/mol. The number of ether oxygens (including phenoxy) is 2. The van der Waals surface area contributed by atoms with Crippen LogP contribution in [-0.4, -0.2) is 66.1 Å². The van der Waals surface area contributed by atoms with Crippen molar-refractivity contribution in [1.29, 1.82) is 0 Å². The van der Waals surface area contributed by atoms with E-state index >= 15 is 0 Å². The third-order valence-electron chi connectivity index (χ3n) is 11.4. The molecule has 4 aromatic carbocycles. The number of amides is 3. The van der Waals surface area contributed by atoms with Gasteiger partial charge in [-0.1, -0.05) is 61.5 Å². The van der Waals surface area contributed by atoms with Crippen LogP contribution in [0.2, 0.25) is 18.6 Å². The zero-order chi connectivity index (χ0) is 36.4. The summed E-state index contributed by atoms with van der Waals surface area (Å²) in [7, 11) is -2.96. The number of rotatable bonds is 7. The lowest BCUT2D eigenvalue weighted by molar-refractivity contribution is -0.150. The van der Waals surface area contributed by atoms with Gasteiger partial charge in [0.15, 0.2) is 19.7 Å². The topological polar surface area (TPSA) is 120 Å². The van der Waals surface area contributed by atoms with Crippen molar-refractivity contribution in [2.24, 2.45) is 5.92 Å². The van der Waals surface area contributed by atoms with Crippen LogP contribution in [0.3, 0.4) is 0 Å². The largest absolute Gasteiger partial charge is 0.454 e. The zero-order valence-electron chi connectivity index (χ0n) is 29.6. The Kier molecular flexibility index (Phi) is 8.57. The highest BCUT2D eigenvalue weighted by molar-refractivity contribution is 6.71. The maximum Gasteiger partial charge on any atom is 0.266 e. The quantitative estimate of drug-likeness (QED) is 0.210. The Labute approximate surface area is 304 Å². The first-order chi connectivity index (χ1) is 25.0. The van der Waals surface area contributed by atoms with E-state index in [1.165, 1.54) is 0 Å². The van der Waals surface area contributed by atoms with Crippen LogP contribution in [-0.2, 0) is 26.5 Å². The number of benzene rings is 4. The molecule has 4 aromatic rings. The summed E-state index contributed by atoms with van der Waals surface area (Å²) < 4.78 is 13.0. The number of fused-ring (bicyclic) bond motifs is 4. The average Bonchev–Trinajstić information content (AvgIpc) is 3.77.